The van der Waals surface area contributed by atoms with E-state index < -0.39 is 5.97 Å². The first-order valence-corrected chi connectivity index (χ1v) is 8.65. The van der Waals surface area contributed by atoms with E-state index in [0.29, 0.717) is 18.1 Å². The van der Waals surface area contributed by atoms with Crippen LogP contribution in [0.3, 0.4) is 0 Å². The largest absolute Gasteiger partial charge is 0.468 e. The number of hydrogen-bond acceptors (Lipinski definition) is 5. The quantitative estimate of drug-likeness (QED) is 0.844. The van der Waals surface area contributed by atoms with Crippen LogP contribution in [-0.4, -0.2) is 35.5 Å². The lowest BCUT2D eigenvalue weighted by Gasteiger charge is -2.30. The predicted molar refractivity (Wildman–Crippen MR) is 93.5 cm³/mol. The van der Waals surface area contributed by atoms with Crippen molar-refractivity contribution >= 4 is 5.97 Å². The van der Waals surface area contributed by atoms with Crippen LogP contribution in [-0.2, 0) is 11.3 Å². The minimum atomic E-state index is -0.531. The molecular weight excluding hydrogens is 320 g/mol. The fourth-order valence-electron chi connectivity index (χ4n) is 3.31. The fourth-order valence-corrected chi connectivity index (χ4v) is 3.31. The first-order chi connectivity index (χ1) is 12.0. The average molecular weight is 344 g/mol. The lowest BCUT2D eigenvalue weighted by atomic mass is 9.97. The van der Waals surface area contributed by atoms with Gasteiger partial charge < -0.3 is 14.1 Å². The monoisotopic (exact) mass is 344 g/mol. The van der Waals surface area contributed by atoms with Crippen molar-refractivity contribution in [3.63, 3.8) is 0 Å². The number of nitrogens with one attached hydrogen (secondary N) is 1. The predicted octanol–water partition coefficient (Wildman–Crippen LogP) is 2.65. The summed E-state index contributed by atoms with van der Waals surface area (Å²) in [5.41, 5.74) is 1.12. The highest BCUT2D eigenvalue weighted by Crippen LogP contribution is 2.20. The zero-order valence-corrected chi connectivity index (χ0v) is 14.7. The van der Waals surface area contributed by atoms with Gasteiger partial charge in [0.15, 0.2) is 0 Å². The summed E-state index contributed by atoms with van der Waals surface area (Å²) >= 11 is 0. The zero-order valence-electron chi connectivity index (χ0n) is 14.7. The van der Waals surface area contributed by atoms with E-state index in [0.717, 1.165) is 43.9 Å². The summed E-state index contributed by atoms with van der Waals surface area (Å²) in [6, 6.07) is 5.66. The Hall–Kier alpha value is -2.34. The molecule has 2 aromatic rings. The van der Waals surface area contributed by atoms with Gasteiger partial charge in [-0.05, 0) is 69.5 Å². The van der Waals surface area contributed by atoms with Gasteiger partial charge in [-0.3, -0.25) is 9.69 Å². The molecule has 0 unspecified atom stereocenters. The van der Waals surface area contributed by atoms with Crippen LogP contribution in [0, 0.1) is 19.8 Å². The molecule has 1 fully saturated rings. The van der Waals surface area contributed by atoms with Gasteiger partial charge in [0.25, 0.3) is 5.56 Å². The van der Waals surface area contributed by atoms with Gasteiger partial charge >= 0.3 is 5.97 Å². The molecule has 1 N–H and O–H groups in total. The van der Waals surface area contributed by atoms with E-state index >= 15 is 0 Å². The molecule has 0 aliphatic carbocycles. The Kier molecular flexibility index (Phi) is 5.38. The summed E-state index contributed by atoms with van der Waals surface area (Å²) in [6.07, 6.45) is 3.63. The molecule has 1 saturated heterocycles. The Labute approximate surface area is 146 Å². The molecule has 6 nitrogen and oxygen atoms in total. The van der Waals surface area contributed by atoms with E-state index in [9.17, 15) is 9.59 Å². The molecule has 0 spiro atoms. The number of esters is 1. The summed E-state index contributed by atoms with van der Waals surface area (Å²) < 4.78 is 10.8. The van der Waals surface area contributed by atoms with Crippen molar-refractivity contribution in [1.29, 1.82) is 0 Å². The number of piperidine rings is 1. The number of carbonyl (C=O) groups excluding carboxylic acids is 1. The van der Waals surface area contributed by atoms with Crippen molar-refractivity contribution in [3.05, 3.63) is 57.4 Å². The number of aromatic nitrogens is 1. The van der Waals surface area contributed by atoms with Crippen molar-refractivity contribution < 1.29 is 13.9 Å². The van der Waals surface area contributed by atoms with Gasteiger partial charge in [-0.15, -0.1) is 0 Å². The first kappa shape index (κ1) is 17.5. The van der Waals surface area contributed by atoms with Crippen LogP contribution in [0.5, 0.6) is 0 Å². The molecule has 134 valence electrons. The second kappa shape index (κ2) is 7.70. The van der Waals surface area contributed by atoms with Crippen molar-refractivity contribution in [3.8, 4) is 0 Å². The number of likely N-dealkylation sites (tertiary alicyclic amines) is 1. The van der Waals surface area contributed by atoms with Gasteiger partial charge in [0.05, 0.1) is 19.4 Å². The number of aryl methyl sites for hydroxylation is 2. The Morgan fingerprint density at radius 1 is 1.36 bits per heavy atom. The third kappa shape index (κ3) is 4.39. The molecule has 3 rings (SSSR count). The maximum atomic E-state index is 12.3. The Bertz CT molecular complexity index is 771. The second-order valence-electron chi connectivity index (χ2n) is 6.74. The highest BCUT2D eigenvalue weighted by atomic mass is 16.5. The zero-order chi connectivity index (χ0) is 17.8. The third-order valence-electron chi connectivity index (χ3n) is 4.69. The van der Waals surface area contributed by atoms with E-state index in [2.05, 4.69) is 9.88 Å². The maximum absolute atomic E-state index is 12.3. The molecule has 0 radical (unpaired) electrons. The number of pyridine rings is 1. The summed E-state index contributed by atoms with van der Waals surface area (Å²) in [7, 11) is 0. The van der Waals surface area contributed by atoms with Gasteiger partial charge in [-0.2, -0.15) is 0 Å². The maximum Gasteiger partial charge on any atom is 0.344 e. The summed E-state index contributed by atoms with van der Waals surface area (Å²) in [6.45, 7) is 6.63. The number of ether oxygens (including phenoxy) is 1. The van der Waals surface area contributed by atoms with E-state index in [-0.39, 0.29) is 11.1 Å². The molecule has 0 aromatic carbocycles. The number of nitrogens with zero attached hydrogens (tertiary/aromatic N) is 1. The highest BCUT2D eigenvalue weighted by molar-refractivity contribution is 5.90. The van der Waals surface area contributed by atoms with Gasteiger partial charge in [0.1, 0.15) is 11.3 Å². The smallest absolute Gasteiger partial charge is 0.344 e. The molecule has 1 aliphatic rings. The van der Waals surface area contributed by atoms with E-state index in [1.54, 1.807) is 26.2 Å². The minimum Gasteiger partial charge on any atom is -0.468 e. The summed E-state index contributed by atoms with van der Waals surface area (Å²) in [5.74, 6) is 0.775. The van der Waals surface area contributed by atoms with Crippen molar-refractivity contribution in [2.45, 2.75) is 33.2 Å². The van der Waals surface area contributed by atoms with Crippen LogP contribution in [0.1, 0.15) is 40.2 Å². The number of H-pyrrole nitrogens is 1. The fraction of sp³-hybridized carbons (Fsp3) is 0.474. The van der Waals surface area contributed by atoms with Crippen LogP contribution >= 0.6 is 0 Å². The summed E-state index contributed by atoms with van der Waals surface area (Å²) in [5, 5.41) is 0. The normalized spacial score (nSPS) is 16.1. The van der Waals surface area contributed by atoms with Crippen LogP contribution < -0.4 is 5.56 Å². The van der Waals surface area contributed by atoms with Gasteiger partial charge in [-0.1, -0.05) is 0 Å². The molecule has 3 heterocycles. The van der Waals surface area contributed by atoms with Gasteiger partial charge in [-0.25, -0.2) is 4.79 Å². The van der Waals surface area contributed by atoms with E-state index in [1.165, 1.54) is 0 Å². The van der Waals surface area contributed by atoms with Crippen LogP contribution in [0.2, 0.25) is 0 Å². The summed E-state index contributed by atoms with van der Waals surface area (Å²) in [4.78, 5) is 29.2. The molecule has 2 aromatic heterocycles. The van der Waals surface area contributed by atoms with Gasteiger partial charge in [0, 0.05) is 5.69 Å². The number of hydrogen-bond donors (Lipinski definition) is 1. The topological polar surface area (TPSA) is 75.5 Å². The second-order valence-corrected chi connectivity index (χ2v) is 6.74. The Balaban J connectivity index is 1.48. The number of furan rings is 1. The Morgan fingerprint density at radius 3 is 2.76 bits per heavy atom. The lowest BCUT2D eigenvalue weighted by molar-refractivity contribution is 0.0363. The SMILES string of the molecule is Cc1cc(C)c(C(=O)OCC2CCN(Cc3ccco3)CC2)c(=O)[nH]1. The highest BCUT2D eigenvalue weighted by Gasteiger charge is 2.23. The molecule has 0 atom stereocenters. The molecular formula is C19H24N2O4. The molecule has 1 aliphatic heterocycles. The third-order valence-corrected chi connectivity index (χ3v) is 4.69. The molecule has 0 amide bonds. The Morgan fingerprint density at radius 2 is 2.12 bits per heavy atom. The molecule has 0 saturated carbocycles. The van der Waals surface area contributed by atoms with E-state index in [1.807, 2.05) is 12.1 Å². The minimum absolute atomic E-state index is 0.112. The van der Waals surface area contributed by atoms with Crippen LogP contribution in [0.25, 0.3) is 0 Å². The van der Waals surface area contributed by atoms with E-state index in [4.69, 9.17) is 9.15 Å². The molecule has 0 bridgehead atoms. The molecule has 25 heavy (non-hydrogen) atoms. The van der Waals surface area contributed by atoms with Crippen molar-refractivity contribution in [2.75, 3.05) is 19.7 Å². The molecule has 6 heteroatoms. The van der Waals surface area contributed by atoms with Crippen LogP contribution in [0.15, 0.2) is 33.7 Å². The average Bonchev–Trinajstić information content (AvgIpc) is 3.06. The first-order valence-electron chi connectivity index (χ1n) is 8.65. The van der Waals surface area contributed by atoms with Crippen molar-refractivity contribution in [1.82, 2.24) is 9.88 Å². The number of carbonyl (C=O) groups is 1. The number of rotatable bonds is 5. The standard InChI is InChI=1S/C19H24N2O4/c1-13-10-14(2)20-18(22)17(13)19(23)25-12-15-5-7-21(8-6-15)11-16-4-3-9-24-16/h3-4,9-10,15H,5-8,11-12H2,1-2H3,(H,20,22). The van der Waals surface area contributed by atoms with Crippen LogP contribution in [0.4, 0.5) is 0 Å². The van der Waals surface area contributed by atoms with Crippen molar-refractivity contribution in [2.24, 2.45) is 5.92 Å². The number of aromatic amines is 1. The van der Waals surface area contributed by atoms with Gasteiger partial charge in [0.2, 0.25) is 0 Å². The lowest BCUT2D eigenvalue weighted by Crippen LogP contribution is -2.35.